The Morgan fingerprint density at radius 2 is 2.27 bits per heavy atom. The van der Waals surface area contributed by atoms with Crippen molar-refractivity contribution in [2.24, 2.45) is 0 Å². The Kier molecular flexibility index (Phi) is 4.05. The molecule has 1 rings (SSSR count). The molecule has 0 amide bonds. The number of nitrogens with zero attached hydrogens (tertiary/aromatic N) is 1. The van der Waals surface area contributed by atoms with Gasteiger partial charge in [-0.05, 0) is 27.0 Å². The molecule has 4 nitrogen and oxygen atoms in total. The van der Waals surface area contributed by atoms with E-state index in [9.17, 15) is 5.11 Å². The van der Waals surface area contributed by atoms with Crippen LogP contribution in [0.4, 0.5) is 0 Å². The van der Waals surface area contributed by atoms with Gasteiger partial charge in [-0.2, -0.15) is 0 Å². The summed E-state index contributed by atoms with van der Waals surface area (Å²) in [6.45, 7) is 4.73. The Labute approximate surface area is 90.3 Å². The van der Waals surface area contributed by atoms with Crippen LogP contribution in [0.1, 0.15) is 19.4 Å². The molecule has 1 aromatic heterocycles. The Morgan fingerprint density at radius 1 is 1.53 bits per heavy atom. The summed E-state index contributed by atoms with van der Waals surface area (Å²) in [6.07, 6.45) is 3.29. The average Bonchev–Trinajstić information content (AvgIpc) is 2.19. The largest absolute Gasteiger partial charge is 0.492 e. The Bertz CT molecular complexity index is 313. The fourth-order valence-electron chi connectivity index (χ4n) is 1.41. The van der Waals surface area contributed by atoms with Crippen LogP contribution in [0.15, 0.2) is 18.5 Å². The standard InChI is InChI=1S/C11H18N2O2/c1-4-15-10-5-9(6-13-7-10)11(2,14)8-12-3/h5-7,12,14H,4,8H2,1-3H3. The second-order valence-electron chi connectivity index (χ2n) is 3.65. The number of nitrogens with one attached hydrogen (secondary N) is 1. The highest BCUT2D eigenvalue weighted by atomic mass is 16.5. The highest BCUT2D eigenvalue weighted by Crippen LogP contribution is 2.22. The van der Waals surface area contributed by atoms with Crippen LogP contribution in [-0.2, 0) is 5.60 Å². The molecule has 1 unspecified atom stereocenters. The molecule has 0 fully saturated rings. The Morgan fingerprint density at radius 3 is 2.87 bits per heavy atom. The molecule has 0 aliphatic carbocycles. The van der Waals surface area contributed by atoms with Gasteiger partial charge in [0.15, 0.2) is 0 Å². The molecule has 4 heteroatoms. The molecule has 0 bridgehead atoms. The first-order valence-electron chi connectivity index (χ1n) is 5.05. The molecule has 1 aromatic rings. The van der Waals surface area contributed by atoms with Gasteiger partial charge in [-0.3, -0.25) is 4.98 Å². The minimum atomic E-state index is -0.922. The summed E-state index contributed by atoms with van der Waals surface area (Å²) in [5.74, 6) is 0.686. The van der Waals surface area contributed by atoms with Gasteiger partial charge in [0.2, 0.25) is 0 Å². The molecule has 0 spiro atoms. The van der Waals surface area contributed by atoms with Crippen LogP contribution in [0.3, 0.4) is 0 Å². The van der Waals surface area contributed by atoms with Gasteiger partial charge in [0.05, 0.1) is 12.8 Å². The molecule has 0 aromatic carbocycles. The second-order valence-corrected chi connectivity index (χ2v) is 3.65. The second kappa shape index (κ2) is 5.09. The van der Waals surface area contributed by atoms with Gasteiger partial charge in [-0.1, -0.05) is 0 Å². The zero-order valence-corrected chi connectivity index (χ0v) is 9.45. The maximum Gasteiger partial charge on any atom is 0.137 e. The summed E-state index contributed by atoms with van der Waals surface area (Å²) in [6, 6.07) is 1.81. The molecule has 15 heavy (non-hydrogen) atoms. The highest BCUT2D eigenvalue weighted by Gasteiger charge is 2.22. The fraction of sp³-hybridized carbons (Fsp3) is 0.545. The number of rotatable bonds is 5. The average molecular weight is 210 g/mol. The smallest absolute Gasteiger partial charge is 0.137 e. The fourth-order valence-corrected chi connectivity index (χ4v) is 1.41. The van der Waals surface area contributed by atoms with Crippen molar-refractivity contribution in [3.63, 3.8) is 0 Å². The van der Waals surface area contributed by atoms with Gasteiger partial charge in [-0.15, -0.1) is 0 Å². The van der Waals surface area contributed by atoms with E-state index in [0.717, 1.165) is 5.56 Å². The predicted molar refractivity (Wildman–Crippen MR) is 58.9 cm³/mol. The third kappa shape index (κ3) is 3.18. The van der Waals surface area contributed by atoms with Crippen LogP contribution in [0, 0.1) is 0 Å². The SMILES string of the molecule is CCOc1cncc(C(C)(O)CNC)c1. The van der Waals surface area contributed by atoms with E-state index in [0.29, 0.717) is 18.9 Å². The van der Waals surface area contributed by atoms with Gasteiger partial charge < -0.3 is 15.2 Å². The summed E-state index contributed by atoms with van der Waals surface area (Å²) in [7, 11) is 1.80. The Balaban J connectivity index is 2.88. The van der Waals surface area contributed by atoms with Crippen molar-refractivity contribution < 1.29 is 9.84 Å². The quantitative estimate of drug-likeness (QED) is 0.758. The number of hydrogen-bond acceptors (Lipinski definition) is 4. The lowest BCUT2D eigenvalue weighted by atomic mass is 9.98. The maximum absolute atomic E-state index is 10.1. The number of ether oxygens (including phenoxy) is 1. The van der Waals surface area contributed by atoms with Crippen LogP contribution < -0.4 is 10.1 Å². The number of likely N-dealkylation sites (N-methyl/N-ethyl adjacent to an activating group) is 1. The molecule has 0 aliphatic heterocycles. The lowest BCUT2D eigenvalue weighted by Crippen LogP contribution is -2.33. The molecule has 1 atom stereocenters. The molecule has 84 valence electrons. The van der Waals surface area contributed by atoms with Crippen molar-refractivity contribution in [2.45, 2.75) is 19.4 Å². The zero-order valence-electron chi connectivity index (χ0n) is 9.45. The summed E-state index contributed by atoms with van der Waals surface area (Å²) in [5, 5.41) is 13.1. The van der Waals surface area contributed by atoms with Crippen molar-refractivity contribution in [1.29, 1.82) is 0 Å². The first-order chi connectivity index (χ1) is 7.10. The van der Waals surface area contributed by atoms with Crippen molar-refractivity contribution in [3.8, 4) is 5.75 Å². The molecule has 0 saturated heterocycles. The number of aromatic nitrogens is 1. The van der Waals surface area contributed by atoms with E-state index < -0.39 is 5.60 Å². The molecule has 0 aliphatic rings. The van der Waals surface area contributed by atoms with Crippen LogP contribution >= 0.6 is 0 Å². The van der Waals surface area contributed by atoms with Crippen LogP contribution in [0.25, 0.3) is 0 Å². The van der Waals surface area contributed by atoms with Crippen molar-refractivity contribution in [1.82, 2.24) is 10.3 Å². The minimum absolute atomic E-state index is 0.476. The molecule has 1 heterocycles. The minimum Gasteiger partial charge on any atom is -0.492 e. The summed E-state index contributed by atoms with van der Waals surface area (Å²) >= 11 is 0. The van der Waals surface area contributed by atoms with E-state index in [1.165, 1.54) is 0 Å². The maximum atomic E-state index is 10.1. The Hall–Kier alpha value is -1.13. The zero-order chi connectivity index (χ0) is 11.3. The van der Waals surface area contributed by atoms with Crippen LogP contribution in [0.5, 0.6) is 5.75 Å². The number of hydrogen-bond donors (Lipinski definition) is 2. The van der Waals surface area contributed by atoms with E-state index in [1.54, 1.807) is 26.4 Å². The molecular formula is C11H18N2O2. The van der Waals surface area contributed by atoms with Crippen LogP contribution in [0.2, 0.25) is 0 Å². The third-order valence-corrected chi connectivity index (χ3v) is 2.17. The first kappa shape index (κ1) is 11.9. The van der Waals surface area contributed by atoms with E-state index >= 15 is 0 Å². The van der Waals surface area contributed by atoms with Gasteiger partial charge >= 0.3 is 0 Å². The van der Waals surface area contributed by atoms with Crippen molar-refractivity contribution in [3.05, 3.63) is 24.0 Å². The predicted octanol–water partition coefficient (Wildman–Crippen LogP) is 0.907. The van der Waals surface area contributed by atoms with Crippen molar-refractivity contribution in [2.75, 3.05) is 20.2 Å². The van der Waals surface area contributed by atoms with Gasteiger partial charge in [-0.25, -0.2) is 0 Å². The van der Waals surface area contributed by atoms with E-state index in [1.807, 2.05) is 13.0 Å². The summed E-state index contributed by atoms with van der Waals surface area (Å²) in [5.41, 5.74) is -0.169. The third-order valence-electron chi connectivity index (χ3n) is 2.17. The van der Waals surface area contributed by atoms with Crippen molar-refractivity contribution >= 4 is 0 Å². The van der Waals surface area contributed by atoms with E-state index in [-0.39, 0.29) is 0 Å². The summed E-state index contributed by atoms with van der Waals surface area (Å²) < 4.78 is 5.33. The molecular weight excluding hydrogens is 192 g/mol. The normalized spacial score (nSPS) is 14.7. The first-order valence-corrected chi connectivity index (χ1v) is 5.05. The van der Waals surface area contributed by atoms with Gasteiger partial charge in [0.25, 0.3) is 0 Å². The lowest BCUT2D eigenvalue weighted by molar-refractivity contribution is 0.0585. The number of pyridine rings is 1. The monoisotopic (exact) mass is 210 g/mol. The van der Waals surface area contributed by atoms with E-state index in [4.69, 9.17) is 4.74 Å². The summed E-state index contributed by atoms with van der Waals surface area (Å²) in [4.78, 5) is 4.04. The molecule has 2 N–H and O–H groups in total. The number of aliphatic hydroxyl groups is 1. The topological polar surface area (TPSA) is 54.4 Å². The van der Waals surface area contributed by atoms with Gasteiger partial charge in [0.1, 0.15) is 11.4 Å². The molecule has 0 radical (unpaired) electrons. The van der Waals surface area contributed by atoms with Gasteiger partial charge in [0, 0.05) is 18.3 Å². The van der Waals surface area contributed by atoms with Crippen LogP contribution in [-0.4, -0.2) is 30.3 Å². The molecule has 0 saturated carbocycles. The highest BCUT2D eigenvalue weighted by molar-refractivity contribution is 5.27. The van der Waals surface area contributed by atoms with E-state index in [2.05, 4.69) is 10.3 Å². The lowest BCUT2D eigenvalue weighted by Gasteiger charge is -2.23.